The Balaban J connectivity index is 2.74. The number of carbonyl (C=O) groups excluding carboxylic acids is 1. The second-order valence-electron chi connectivity index (χ2n) is 6.05. The zero-order valence-corrected chi connectivity index (χ0v) is 11.4. The fourth-order valence-corrected chi connectivity index (χ4v) is 2.24. The van der Waals surface area contributed by atoms with Crippen molar-refractivity contribution in [3.8, 4) is 0 Å². The molecule has 0 unspecified atom stereocenters. The van der Waals surface area contributed by atoms with Gasteiger partial charge in [-0.15, -0.1) is 0 Å². The smallest absolute Gasteiger partial charge is 0.312 e. The minimum Gasteiger partial charge on any atom is -0.458 e. The molecule has 0 aromatic heterocycles. The van der Waals surface area contributed by atoms with Crippen molar-refractivity contribution >= 4 is 5.97 Å². The summed E-state index contributed by atoms with van der Waals surface area (Å²) in [5, 5.41) is 0. The van der Waals surface area contributed by atoms with Crippen molar-refractivity contribution in [2.24, 2.45) is 11.3 Å². The highest BCUT2D eigenvalue weighted by Crippen LogP contribution is 2.41. The Morgan fingerprint density at radius 2 is 1.81 bits per heavy atom. The van der Waals surface area contributed by atoms with Crippen molar-refractivity contribution in [2.75, 3.05) is 0 Å². The second kappa shape index (κ2) is 4.77. The number of esters is 1. The molecule has 0 bridgehead atoms. The van der Waals surface area contributed by atoms with Gasteiger partial charge in [0.05, 0.1) is 5.41 Å². The van der Waals surface area contributed by atoms with Crippen LogP contribution < -0.4 is 0 Å². The third-order valence-electron chi connectivity index (χ3n) is 4.23. The molecule has 16 heavy (non-hydrogen) atoms. The highest BCUT2D eigenvalue weighted by Gasteiger charge is 2.43. The van der Waals surface area contributed by atoms with Crippen molar-refractivity contribution in [3.05, 3.63) is 0 Å². The summed E-state index contributed by atoms with van der Waals surface area (Å²) in [6.07, 6.45) is 5.29. The molecular weight excluding hydrogens is 200 g/mol. The molecule has 0 radical (unpaired) electrons. The average Bonchev–Trinajstić information content (AvgIpc) is 2.67. The summed E-state index contributed by atoms with van der Waals surface area (Å²) in [5.41, 5.74) is -0.520. The van der Waals surface area contributed by atoms with Gasteiger partial charge < -0.3 is 4.74 Å². The van der Waals surface area contributed by atoms with Gasteiger partial charge in [0.2, 0.25) is 0 Å². The molecule has 0 aromatic carbocycles. The van der Waals surface area contributed by atoms with Crippen LogP contribution in [0.1, 0.15) is 66.7 Å². The molecule has 0 aliphatic heterocycles. The SMILES string of the molecule is CCC(C)(C)C(=O)OC1(C(C)C)CCCC1. The van der Waals surface area contributed by atoms with Gasteiger partial charge in [0, 0.05) is 0 Å². The van der Waals surface area contributed by atoms with E-state index in [9.17, 15) is 4.79 Å². The number of rotatable bonds is 4. The Kier molecular flexibility index (Phi) is 4.03. The summed E-state index contributed by atoms with van der Waals surface area (Å²) in [6.45, 7) is 10.3. The lowest BCUT2D eigenvalue weighted by Crippen LogP contribution is -2.41. The highest BCUT2D eigenvalue weighted by molar-refractivity contribution is 5.76. The molecule has 94 valence electrons. The van der Waals surface area contributed by atoms with Crippen LogP contribution in [0, 0.1) is 11.3 Å². The quantitative estimate of drug-likeness (QED) is 0.679. The molecule has 2 nitrogen and oxygen atoms in total. The predicted octanol–water partition coefficient (Wildman–Crippen LogP) is 3.93. The Hall–Kier alpha value is -0.530. The fourth-order valence-electron chi connectivity index (χ4n) is 2.24. The third kappa shape index (κ3) is 2.58. The van der Waals surface area contributed by atoms with Gasteiger partial charge in [-0.2, -0.15) is 0 Å². The maximum absolute atomic E-state index is 12.1. The summed E-state index contributed by atoms with van der Waals surface area (Å²) in [7, 11) is 0. The molecular formula is C14H26O2. The van der Waals surface area contributed by atoms with Gasteiger partial charge in [-0.3, -0.25) is 4.79 Å². The summed E-state index contributed by atoms with van der Waals surface area (Å²) in [6, 6.07) is 0. The average molecular weight is 226 g/mol. The molecule has 0 N–H and O–H groups in total. The van der Waals surface area contributed by atoms with Crippen LogP contribution in [0.25, 0.3) is 0 Å². The van der Waals surface area contributed by atoms with Crippen molar-refractivity contribution in [1.29, 1.82) is 0 Å². The molecule has 1 saturated carbocycles. The van der Waals surface area contributed by atoms with Crippen LogP contribution in [0.5, 0.6) is 0 Å². The van der Waals surface area contributed by atoms with E-state index in [2.05, 4.69) is 13.8 Å². The predicted molar refractivity (Wildman–Crippen MR) is 66.2 cm³/mol. The van der Waals surface area contributed by atoms with Crippen LogP contribution in [-0.2, 0) is 9.53 Å². The molecule has 0 saturated heterocycles. The van der Waals surface area contributed by atoms with Crippen LogP contribution in [0.2, 0.25) is 0 Å². The minimum atomic E-state index is -0.343. The van der Waals surface area contributed by atoms with Gasteiger partial charge in [-0.05, 0) is 51.9 Å². The van der Waals surface area contributed by atoms with Crippen LogP contribution in [0.3, 0.4) is 0 Å². The van der Waals surface area contributed by atoms with Crippen LogP contribution >= 0.6 is 0 Å². The first-order valence-electron chi connectivity index (χ1n) is 6.57. The molecule has 2 heteroatoms. The van der Waals surface area contributed by atoms with Crippen LogP contribution in [0.4, 0.5) is 0 Å². The lowest BCUT2D eigenvalue weighted by Gasteiger charge is -2.36. The summed E-state index contributed by atoms with van der Waals surface area (Å²) in [4.78, 5) is 12.1. The van der Waals surface area contributed by atoms with E-state index < -0.39 is 0 Å². The van der Waals surface area contributed by atoms with Crippen LogP contribution in [0.15, 0.2) is 0 Å². The first-order valence-corrected chi connectivity index (χ1v) is 6.57. The van der Waals surface area contributed by atoms with Gasteiger partial charge in [0.15, 0.2) is 0 Å². The van der Waals surface area contributed by atoms with E-state index in [4.69, 9.17) is 4.74 Å². The van der Waals surface area contributed by atoms with E-state index in [0.29, 0.717) is 5.92 Å². The zero-order valence-electron chi connectivity index (χ0n) is 11.4. The van der Waals surface area contributed by atoms with Gasteiger partial charge in [-0.1, -0.05) is 20.8 Å². The normalized spacial score (nSPS) is 20.1. The van der Waals surface area contributed by atoms with Gasteiger partial charge in [0.25, 0.3) is 0 Å². The van der Waals surface area contributed by atoms with E-state index in [0.717, 1.165) is 19.3 Å². The standard InChI is InChI=1S/C14H26O2/c1-6-13(4,5)12(15)16-14(11(2)3)9-7-8-10-14/h11H,6-10H2,1-5H3. The Morgan fingerprint density at radius 3 is 2.19 bits per heavy atom. The molecule has 1 fully saturated rings. The van der Waals surface area contributed by atoms with Crippen molar-refractivity contribution in [2.45, 2.75) is 72.3 Å². The molecule has 0 amide bonds. The van der Waals surface area contributed by atoms with E-state index in [1.54, 1.807) is 0 Å². The van der Waals surface area contributed by atoms with Crippen LogP contribution in [-0.4, -0.2) is 11.6 Å². The minimum absolute atomic E-state index is 0.0226. The largest absolute Gasteiger partial charge is 0.458 e. The maximum atomic E-state index is 12.1. The van der Waals surface area contributed by atoms with E-state index in [1.165, 1.54) is 12.8 Å². The molecule has 0 atom stereocenters. The molecule has 0 heterocycles. The van der Waals surface area contributed by atoms with Crippen molar-refractivity contribution < 1.29 is 9.53 Å². The topological polar surface area (TPSA) is 26.3 Å². The first kappa shape index (κ1) is 13.5. The summed E-state index contributed by atoms with van der Waals surface area (Å²) >= 11 is 0. The van der Waals surface area contributed by atoms with E-state index in [-0.39, 0.29) is 17.0 Å². The molecule has 1 rings (SSSR count). The van der Waals surface area contributed by atoms with E-state index >= 15 is 0 Å². The third-order valence-corrected chi connectivity index (χ3v) is 4.23. The Morgan fingerprint density at radius 1 is 1.31 bits per heavy atom. The Labute approximate surface area is 99.8 Å². The molecule has 1 aliphatic carbocycles. The molecule has 0 aromatic rings. The number of hydrogen-bond donors (Lipinski definition) is 0. The number of ether oxygens (including phenoxy) is 1. The zero-order chi connectivity index (χ0) is 12.4. The number of hydrogen-bond acceptors (Lipinski definition) is 2. The van der Waals surface area contributed by atoms with Crippen molar-refractivity contribution in [3.63, 3.8) is 0 Å². The lowest BCUT2D eigenvalue weighted by atomic mass is 9.86. The van der Waals surface area contributed by atoms with Crippen molar-refractivity contribution in [1.82, 2.24) is 0 Å². The first-order chi connectivity index (χ1) is 7.34. The fraction of sp³-hybridized carbons (Fsp3) is 0.929. The van der Waals surface area contributed by atoms with Gasteiger partial charge in [0.1, 0.15) is 5.60 Å². The van der Waals surface area contributed by atoms with Gasteiger partial charge in [-0.25, -0.2) is 0 Å². The molecule has 0 spiro atoms. The van der Waals surface area contributed by atoms with E-state index in [1.807, 2.05) is 20.8 Å². The summed E-state index contributed by atoms with van der Waals surface area (Å²) < 4.78 is 5.88. The van der Waals surface area contributed by atoms with Gasteiger partial charge >= 0.3 is 5.97 Å². The maximum Gasteiger partial charge on any atom is 0.312 e. The second-order valence-corrected chi connectivity index (χ2v) is 6.05. The highest BCUT2D eigenvalue weighted by atomic mass is 16.6. The summed E-state index contributed by atoms with van der Waals surface area (Å²) in [5.74, 6) is 0.400. The monoisotopic (exact) mass is 226 g/mol. The molecule has 1 aliphatic rings. The lowest BCUT2D eigenvalue weighted by molar-refractivity contribution is -0.175. The number of carbonyl (C=O) groups is 1. The Bertz CT molecular complexity index is 247.